The predicted molar refractivity (Wildman–Crippen MR) is 103 cm³/mol. The lowest BCUT2D eigenvalue weighted by Crippen LogP contribution is -2.12. The van der Waals surface area contributed by atoms with E-state index in [2.05, 4.69) is 21.7 Å². The molecule has 0 saturated carbocycles. The van der Waals surface area contributed by atoms with Gasteiger partial charge in [0.25, 0.3) is 5.91 Å². The molecule has 0 fully saturated rings. The largest absolute Gasteiger partial charge is 0.497 e. The Morgan fingerprint density at radius 3 is 2.88 bits per heavy atom. The Kier molecular flexibility index (Phi) is 4.18. The monoisotopic (exact) mass is 364 g/mol. The first-order valence-electron chi connectivity index (χ1n) is 8.03. The molecule has 4 rings (SSSR count). The van der Waals surface area contributed by atoms with E-state index in [1.54, 1.807) is 42.7 Å². The summed E-state index contributed by atoms with van der Waals surface area (Å²) in [7, 11) is 1.56. The summed E-state index contributed by atoms with van der Waals surface area (Å²) in [5.74, 6) is 0.316. The second-order valence-electron chi connectivity index (χ2n) is 5.85. The molecule has 130 valence electrons. The summed E-state index contributed by atoms with van der Waals surface area (Å²) < 4.78 is 10.8. The van der Waals surface area contributed by atoms with E-state index in [1.807, 2.05) is 24.4 Å². The number of thiophene rings is 1. The molecule has 0 atom stereocenters. The number of aryl methyl sites for hydroxylation is 1. The highest BCUT2D eigenvalue weighted by molar-refractivity contribution is 7.08. The zero-order valence-electron chi connectivity index (χ0n) is 14.3. The number of anilines is 1. The molecule has 1 N–H and O–H groups in total. The van der Waals surface area contributed by atoms with Gasteiger partial charge in [0, 0.05) is 5.56 Å². The molecule has 1 amide bonds. The van der Waals surface area contributed by atoms with Crippen LogP contribution < -0.4 is 10.1 Å². The average molecular weight is 364 g/mol. The fourth-order valence-electron chi connectivity index (χ4n) is 2.79. The van der Waals surface area contributed by atoms with Gasteiger partial charge in [0.2, 0.25) is 0 Å². The minimum absolute atomic E-state index is 0.176. The molecule has 4 aromatic rings. The molecular weight excluding hydrogens is 348 g/mol. The predicted octanol–water partition coefficient (Wildman–Crippen LogP) is 5.13. The normalized spacial score (nSPS) is 10.8. The Bertz CT molecular complexity index is 1080. The lowest BCUT2D eigenvalue weighted by molar-refractivity contribution is 0.102. The average Bonchev–Trinajstić information content (AvgIpc) is 3.30. The van der Waals surface area contributed by atoms with Crippen molar-refractivity contribution in [3.05, 3.63) is 64.4 Å². The van der Waals surface area contributed by atoms with Crippen molar-refractivity contribution in [1.29, 1.82) is 0 Å². The van der Waals surface area contributed by atoms with E-state index >= 15 is 0 Å². The maximum Gasteiger partial charge on any atom is 0.302 e. The summed E-state index contributed by atoms with van der Waals surface area (Å²) in [5.41, 5.74) is 5.18. The van der Waals surface area contributed by atoms with Crippen LogP contribution in [-0.4, -0.2) is 18.0 Å². The number of amides is 1. The molecule has 5 nitrogen and oxygen atoms in total. The number of methoxy groups -OCH3 is 1. The highest BCUT2D eigenvalue weighted by atomic mass is 32.1. The lowest BCUT2D eigenvalue weighted by Gasteiger charge is -2.03. The van der Waals surface area contributed by atoms with Crippen LogP contribution in [-0.2, 0) is 0 Å². The van der Waals surface area contributed by atoms with E-state index in [0.29, 0.717) is 22.4 Å². The van der Waals surface area contributed by atoms with Crippen LogP contribution in [0.25, 0.3) is 22.2 Å². The maximum absolute atomic E-state index is 12.4. The van der Waals surface area contributed by atoms with Gasteiger partial charge in [-0.2, -0.15) is 16.3 Å². The van der Waals surface area contributed by atoms with Crippen LogP contribution in [0, 0.1) is 6.92 Å². The van der Waals surface area contributed by atoms with Crippen LogP contribution in [0.15, 0.2) is 57.6 Å². The number of rotatable bonds is 4. The highest BCUT2D eigenvalue weighted by Crippen LogP contribution is 2.31. The number of hydrogen-bond donors (Lipinski definition) is 1. The van der Waals surface area contributed by atoms with Gasteiger partial charge in [-0.1, -0.05) is 6.07 Å². The van der Waals surface area contributed by atoms with Crippen LogP contribution >= 0.6 is 11.3 Å². The number of oxazole rings is 1. The first-order valence-corrected chi connectivity index (χ1v) is 8.97. The van der Waals surface area contributed by atoms with Gasteiger partial charge in [-0.05, 0) is 70.8 Å². The number of aromatic nitrogens is 1. The second kappa shape index (κ2) is 6.65. The first kappa shape index (κ1) is 16.4. The molecule has 0 radical (unpaired) electrons. The molecule has 6 heteroatoms. The van der Waals surface area contributed by atoms with Crippen molar-refractivity contribution < 1.29 is 13.9 Å². The number of carbonyl (C=O) groups excluding carboxylic acids is 1. The number of nitrogens with zero attached hydrogens (tertiary/aromatic N) is 1. The zero-order valence-corrected chi connectivity index (χ0v) is 15.1. The summed E-state index contributed by atoms with van der Waals surface area (Å²) >= 11 is 1.65. The molecule has 0 spiro atoms. The van der Waals surface area contributed by atoms with Crippen molar-refractivity contribution in [2.24, 2.45) is 0 Å². The fraction of sp³-hybridized carbons (Fsp3) is 0.100. The van der Waals surface area contributed by atoms with Gasteiger partial charge in [-0.15, -0.1) is 0 Å². The first-order chi connectivity index (χ1) is 12.6. The van der Waals surface area contributed by atoms with Gasteiger partial charge in [-0.3, -0.25) is 10.1 Å². The number of nitrogens with one attached hydrogen (secondary N) is 1. The van der Waals surface area contributed by atoms with Gasteiger partial charge in [-0.25, -0.2) is 0 Å². The minimum atomic E-state index is -0.301. The summed E-state index contributed by atoms with van der Waals surface area (Å²) in [5, 5.41) is 6.84. The Hall–Kier alpha value is -3.12. The molecule has 2 aromatic carbocycles. The third kappa shape index (κ3) is 3.07. The molecule has 0 aliphatic carbocycles. The Morgan fingerprint density at radius 2 is 2.12 bits per heavy atom. The van der Waals surface area contributed by atoms with Crippen molar-refractivity contribution in [2.45, 2.75) is 6.92 Å². The molecule has 2 aromatic heterocycles. The van der Waals surface area contributed by atoms with Gasteiger partial charge in [0.15, 0.2) is 5.58 Å². The van der Waals surface area contributed by atoms with E-state index in [1.165, 1.54) is 0 Å². The quantitative estimate of drug-likeness (QED) is 0.545. The SMILES string of the molecule is COc1cccc(C(=O)Nc2nc3cc(-c4ccsc4)c(C)cc3o2)c1. The molecule has 0 aliphatic rings. The highest BCUT2D eigenvalue weighted by Gasteiger charge is 2.14. The molecule has 26 heavy (non-hydrogen) atoms. The Morgan fingerprint density at radius 1 is 1.23 bits per heavy atom. The molecule has 2 heterocycles. The Balaban J connectivity index is 1.64. The van der Waals surface area contributed by atoms with Crippen molar-refractivity contribution in [3.63, 3.8) is 0 Å². The summed E-state index contributed by atoms with van der Waals surface area (Å²) in [6.45, 7) is 2.03. The summed E-state index contributed by atoms with van der Waals surface area (Å²) in [6.07, 6.45) is 0. The van der Waals surface area contributed by atoms with Gasteiger partial charge in [0.05, 0.1) is 7.11 Å². The Labute approximate surface area is 154 Å². The number of fused-ring (bicyclic) bond motifs is 1. The molecule has 0 bridgehead atoms. The maximum atomic E-state index is 12.4. The number of benzene rings is 2. The van der Waals surface area contributed by atoms with Gasteiger partial charge >= 0.3 is 6.01 Å². The van der Waals surface area contributed by atoms with Crippen LogP contribution in [0.2, 0.25) is 0 Å². The third-order valence-electron chi connectivity index (χ3n) is 4.12. The third-order valence-corrected chi connectivity index (χ3v) is 4.80. The van der Waals surface area contributed by atoms with E-state index in [4.69, 9.17) is 9.15 Å². The summed E-state index contributed by atoms with van der Waals surface area (Å²) in [4.78, 5) is 16.8. The molecular formula is C20H16N2O3S. The minimum Gasteiger partial charge on any atom is -0.497 e. The van der Waals surface area contributed by atoms with Crippen molar-refractivity contribution >= 4 is 34.4 Å². The van der Waals surface area contributed by atoms with E-state index in [-0.39, 0.29) is 11.9 Å². The fourth-order valence-corrected chi connectivity index (χ4v) is 3.45. The lowest BCUT2D eigenvalue weighted by atomic mass is 10.0. The number of hydrogen-bond acceptors (Lipinski definition) is 5. The van der Waals surface area contributed by atoms with Crippen LogP contribution in [0.1, 0.15) is 15.9 Å². The number of carbonyl (C=O) groups is 1. The standard InChI is InChI=1S/C20H16N2O3S/c1-12-8-18-17(10-16(12)14-6-7-26-11-14)21-20(25-18)22-19(23)13-4-3-5-15(9-13)24-2/h3-11H,1-2H3,(H,21,22,23). The van der Waals surface area contributed by atoms with E-state index < -0.39 is 0 Å². The van der Waals surface area contributed by atoms with Crippen molar-refractivity contribution in [3.8, 4) is 16.9 Å². The number of ether oxygens (including phenoxy) is 1. The smallest absolute Gasteiger partial charge is 0.302 e. The van der Waals surface area contributed by atoms with Crippen LogP contribution in [0.3, 0.4) is 0 Å². The van der Waals surface area contributed by atoms with Gasteiger partial charge < -0.3 is 9.15 Å². The second-order valence-corrected chi connectivity index (χ2v) is 6.63. The van der Waals surface area contributed by atoms with Crippen LogP contribution in [0.5, 0.6) is 5.75 Å². The molecule has 0 saturated heterocycles. The van der Waals surface area contributed by atoms with Gasteiger partial charge in [0.1, 0.15) is 11.3 Å². The topological polar surface area (TPSA) is 64.4 Å². The van der Waals surface area contributed by atoms with E-state index in [0.717, 1.165) is 16.7 Å². The molecule has 0 aliphatic heterocycles. The summed E-state index contributed by atoms with van der Waals surface area (Å²) in [6, 6.07) is 13.1. The van der Waals surface area contributed by atoms with Crippen LogP contribution in [0.4, 0.5) is 6.01 Å². The van der Waals surface area contributed by atoms with E-state index in [9.17, 15) is 4.79 Å². The zero-order chi connectivity index (χ0) is 18.1. The molecule has 0 unspecified atom stereocenters. The van der Waals surface area contributed by atoms with Crippen molar-refractivity contribution in [1.82, 2.24) is 4.98 Å². The van der Waals surface area contributed by atoms with Crippen molar-refractivity contribution in [2.75, 3.05) is 12.4 Å².